The third kappa shape index (κ3) is 5.04. The second-order valence-corrected chi connectivity index (χ2v) is 9.69. The van der Waals surface area contributed by atoms with E-state index in [4.69, 9.17) is 4.74 Å². The molecule has 1 N–H and O–H groups in total. The lowest BCUT2D eigenvalue weighted by Gasteiger charge is -2.33. The van der Waals surface area contributed by atoms with Gasteiger partial charge in [-0.2, -0.15) is 0 Å². The summed E-state index contributed by atoms with van der Waals surface area (Å²) < 4.78 is 18.4. The van der Waals surface area contributed by atoms with Crippen LogP contribution in [0.5, 0.6) is 0 Å². The molecule has 1 aliphatic rings. The van der Waals surface area contributed by atoms with E-state index in [-0.39, 0.29) is 36.1 Å². The minimum absolute atomic E-state index is 0.121. The second kappa shape index (κ2) is 8.66. The highest BCUT2D eigenvalue weighted by atomic mass is 32.1. The summed E-state index contributed by atoms with van der Waals surface area (Å²) in [6.07, 6.45) is 2.86. The van der Waals surface area contributed by atoms with Crippen LogP contribution in [0.1, 0.15) is 60.5 Å². The fraction of sp³-hybridized carbons (Fsp3) is 0.478. The van der Waals surface area contributed by atoms with E-state index in [2.05, 4.69) is 26.1 Å². The first kappa shape index (κ1) is 21.5. The number of carbonyl (C=O) groups excluding carboxylic acids is 2. The molecular formula is C23H28FNO3S. The molecule has 0 unspecified atom stereocenters. The molecule has 4 nitrogen and oxygen atoms in total. The molecule has 1 atom stereocenters. The summed E-state index contributed by atoms with van der Waals surface area (Å²) in [5, 5.41) is 3.47. The number of carbonyl (C=O) groups is 2. The number of hydrogen-bond acceptors (Lipinski definition) is 4. The van der Waals surface area contributed by atoms with Gasteiger partial charge in [0.25, 0.3) is 0 Å². The number of hydrogen-bond donors (Lipinski definition) is 1. The van der Waals surface area contributed by atoms with Gasteiger partial charge in [0.1, 0.15) is 10.8 Å². The van der Waals surface area contributed by atoms with E-state index in [0.29, 0.717) is 16.5 Å². The van der Waals surface area contributed by atoms with Crippen molar-refractivity contribution in [2.45, 2.75) is 53.4 Å². The van der Waals surface area contributed by atoms with Gasteiger partial charge >= 0.3 is 5.97 Å². The Kier molecular flexibility index (Phi) is 6.42. The largest absolute Gasteiger partial charge is 0.462 e. The number of rotatable bonds is 5. The minimum atomic E-state index is -0.378. The third-order valence-corrected chi connectivity index (χ3v) is 6.67. The molecule has 0 saturated carbocycles. The van der Waals surface area contributed by atoms with Crippen LogP contribution in [0.3, 0.4) is 0 Å². The van der Waals surface area contributed by atoms with E-state index in [1.807, 2.05) is 0 Å². The molecular weight excluding hydrogens is 389 g/mol. The number of nitrogens with one attached hydrogen (secondary N) is 1. The average Bonchev–Trinajstić information content (AvgIpc) is 3.00. The predicted molar refractivity (Wildman–Crippen MR) is 114 cm³/mol. The molecule has 1 heterocycles. The molecule has 6 heteroatoms. The first-order chi connectivity index (χ1) is 13.7. The van der Waals surface area contributed by atoms with E-state index in [1.165, 1.54) is 23.5 Å². The molecule has 2 aromatic rings. The predicted octanol–water partition coefficient (Wildman–Crippen LogP) is 5.40. The monoisotopic (exact) mass is 417 g/mol. The van der Waals surface area contributed by atoms with Gasteiger partial charge in [0.05, 0.1) is 18.6 Å². The van der Waals surface area contributed by atoms with Crippen LogP contribution in [0.2, 0.25) is 0 Å². The minimum Gasteiger partial charge on any atom is -0.462 e. The van der Waals surface area contributed by atoms with E-state index < -0.39 is 0 Å². The van der Waals surface area contributed by atoms with Gasteiger partial charge in [-0.15, -0.1) is 11.3 Å². The highest BCUT2D eigenvalue weighted by Crippen LogP contribution is 2.44. The van der Waals surface area contributed by atoms with Gasteiger partial charge in [-0.3, -0.25) is 4.79 Å². The van der Waals surface area contributed by atoms with Gasteiger partial charge in [-0.05, 0) is 60.8 Å². The Bertz CT molecular complexity index is 896. The quantitative estimate of drug-likeness (QED) is 0.663. The molecule has 156 valence electrons. The summed E-state index contributed by atoms with van der Waals surface area (Å²) in [4.78, 5) is 26.4. The summed E-state index contributed by atoms with van der Waals surface area (Å²) in [7, 11) is 0. The van der Waals surface area contributed by atoms with E-state index in [1.54, 1.807) is 19.1 Å². The molecule has 0 fully saturated rings. The summed E-state index contributed by atoms with van der Waals surface area (Å²) in [5.41, 5.74) is 2.44. The normalized spacial score (nSPS) is 16.2. The lowest BCUT2D eigenvalue weighted by Crippen LogP contribution is -2.26. The van der Waals surface area contributed by atoms with Crippen LogP contribution in [-0.2, 0) is 28.8 Å². The molecule has 0 aliphatic heterocycles. The maximum Gasteiger partial charge on any atom is 0.341 e. The Hall–Kier alpha value is -2.21. The Morgan fingerprint density at radius 3 is 2.55 bits per heavy atom. The maximum atomic E-state index is 13.1. The fourth-order valence-corrected chi connectivity index (χ4v) is 5.12. The molecule has 0 spiro atoms. The number of thiophene rings is 1. The van der Waals surface area contributed by atoms with Gasteiger partial charge in [0.15, 0.2) is 0 Å². The van der Waals surface area contributed by atoms with Crippen molar-refractivity contribution < 1.29 is 18.7 Å². The van der Waals surface area contributed by atoms with Crippen molar-refractivity contribution in [3.63, 3.8) is 0 Å². The lowest BCUT2D eigenvalue weighted by atomic mass is 9.72. The summed E-state index contributed by atoms with van der Waals surface area (Å²) >= 11 is 1.48. The van der Waals surface area contributed by atoms with Crippen molar-refractivity contribution in [1.29, 1.82) is 0 Å². The zero-order valence-corrected chi connectivity index (χ0v) is 18.2. The van der Waals surface area contributed by atoms with E-state index in [0.717, 1.165) is 35.3 Å². The summed E-state index contributed by atoms with van der Waals surface area (Å²) in [5.74, 6) is -0.408. The number of amides is 1. The molecule has 1 aromatic carbocycles. The van der Waals surface area contributed by atoms with Crippen LogP contribution in [0, 0.1) is 17.2 Å². The van der Waals surface area contributed by atoms with Crippen molar-refractivity contribution in [2.24, 2.45) is 11.3 Å². The first-order valence-corrected chi connectivity index (χ1v) is 10.9. The maximum absolute atomic E-state index is 13.1. The van der Waals surface area contributed by atoms with Gasteiger partial charge in [-0.25, -0.2) is 9.18 Å². The summed E-state index contributed by atoms with van der Waals surface area (Å²) in [6, 6.07) is 5.86. The number of benzene rings is 1. The topological polar surface area (TPSA) is 55.4 Å². The van der Waals surface area contributed by atoms with Crippen molar-refractivity contribution >= 4 is 28.2 Å². The molecule has 0 radical (unpaired) electrons. The van der Waals surface area contributed by atoms with Crippen molar-refractivity contribution in [2.75, 3.05) is 11.9 Å². The van der Waals surface area contributed by atoms with Gasteiger partial charge in [0.2, 0.25) is 5.91 Å². The average molecular weight is 418 g/mol. The smallest absolute Gasteiger partial charge is 0.341 e. The highest BCUT2D eigenvalue weighted by Gasteiger charge is 2.34. The molecule has 1 amide bonds. The van der Waals surface area contributed by atoms with Crippen LogP contribution in [0.25, 0.3) is 0 Å². The van der Waals surface area contributed by atoms with Gasteiger partial charge in [-0.1, -0.05) is 32.9 Å². The standard InChI is InChI=1S/C23H28FNO3S/c1-5-28-22(27)20-17-11-8-15(23(2,3)4)13-18(17)29-21(20)25-19(26)12-14-6-9-16(24)10-7-14/h6-7,9-10,15H,5,8,11-13H2,1-4H3,(H,25,26)/t15-/m0/s1. The van der Waals surface area contributed by atoms with Crippen LogP contribution >= 0.6 is 11.3 Å². The van der Waals surface area contributed by atoms with Crippen LogP contribution in [-0.4, -0.2) is 18.5 Å². The SMILES string of the molecule is CCOC(=O)c1c(NC(=O)Cc2ccc(F)cc2)sc2c1CC[C@H](C(C)(C)C)C2. The number of halogens is 1. The zero-order valence-electron chi connectivity index (χ0n) is 17.4. The Morgan fingerprint density at radius 2 is 1.93 bits per heavy atom. The Morgan fingerprint density at radius 1 is 1.24 bits per heavy atom. The van der Waals surface area contributed by atoms with Gasteiger partial charge < -0.3 is 10.1 Å². The lowest BCUT2D eigenvalue weighted by molar-refractivity contribution is -0.115. The van der Waals surface area contributed by atoms with Crippen molar-refractivity contribution in [3.8, 4) is 0 Å². The molecule has 0 saturated heterocycles. The van der Waals surface area contributed by atoms with Crippen LogP contribution < -0.4 is 5.32 Å². The fourth-order valence-electron chi connectivity index (χ4n) is 3.79. The van der Waals surface area contributed by atoms with Gasteiger partial charge in [0, 0.05) is 4.88 Å². The molecule has 1 aromatic heterocycles. The highest BCUT2D eigenvalue weighted by molar-refractivity contribution is 7.17. The Labute approximate surface area is 175 Å². The first-order valence-electron chi connectivity index (χ1n) is 10.0. The number of anilines is 1. The molecule has 3 rings (SSSR count). The second-order valence-electron chi connectivity index (χ2n) is 8.59. The Balaban J connectivity index is 1.85. The summed E-state index contributed by atoms with van der Waals surface area (Å²) in [6.45, 7) is 8.80. The molecule has 0 bridgehead atoms. The van der Waals surface area contributed by atoms with Crippen molar-refractivity contribution in [3.05, 3.63) is 51.7 Å². The van der Waals surface area contributed by atoms with E-state index in [9.17, 15) is 14.0 Å². The number of ether oxygens (including phenoxy) is 1. The van der Waals surface area contributed by atoms with E-state index >= 15 is 0 Å². The number of esters is 1. The number of fused-ring (bicyclic) bond motifs is 1. The zero-order chi connectivity index (χ0) is 21.2. The third-order valence-electron chi connectivity index (χ3n) is 5.50. The van der Waals surface area contributed by atoms with Crippen LogP contribution in [0.15, 0.2) is 24.3 Å². The van der Waals surface area contributed by atoms with Crippen LogP contribution in [0.4, 0.5) is 9.39 Å². The van der Waals surface area contributed by atoms with Crippen molar-refractivity contribution in [1.82, 2.24) is 0 Å². The molecule has 29 heavy (non-hydrogen) atoms. The molecule has 1 aliphatic carbocycles.